The fraction of sp³-hybridized carbons (Fsp3) is 0.385. The van der Waals surface area contributed by atoms with Gasteiger partial charge in [-0.15, -0.1) is 0 Å². The highest BCUT2D eigenvalue weighted by Gasteiger charge is 2.31. The molecule has 4 heteroatoms. The van der Waals surface area contributed by atoms with E-state index in [0.29, 0.717) is 5.58 Å². The van der Waals surface area contributed by atoms with Crippen LogP contribution in [0.5, 0.6) is 0 Å². The third kappa shape index (κ3) is 1.74. The molecule has 2 heterocycles. The Morgan fingerprint density at radius 2 is 2.29 bits per heavy atom. The standard InChI is InChI=1S/C13H14N2O2/c1-15-8-4-6-10(15)12(16)13-14-9-5-2-3-7-11(9)17-13/h2-3,5,7,10H,4,6,8H2,1H3/t10-/m0/s1. The molecule has 0 saturated carbocycles. The van der Waals surface area contributed by atoms with E-state index in [-0.39, 0.29) is 17.7 Å². The molecule has 1 aliphatic rings. The molecule has 4 nitrogen and oxygen atoms in total. The Hall–Kier alpha value is -1.68. The van der Waals surface area contributed by atoms with E-state index in [1.165, 1.54) is 0 Å². The number of rotatable bonds is 2. The summed E-state index contributed by atoms with van der Waals surface area (Å²) in [4.78, 5) is 18.5. The summed E-state index contributed by atoms with van der Waals surface area (Å²) < 4.78 is 5.50. The Morgan fingerprint density at radius 3 is 3.00 bits per heavy atom. The van der Waals surface area contributed by atoms with Crippen LogP contribution in [0.2, 0.25) is 0 Å². The van der Waals surface area contributed by atoms with Crippen molar-refractivity contribution in [1.82, 2.24) is 9.88 Å². The highest BCUT2D eigenvalue weighted by molar-refractivity contribution is 5.98. The van der Waals surface area contributed by atoms with Gasteiger partial charge in [0.25, 0.3) is 5.89 Å². The van der Waals surface area contributed by atoms with Crippen molar-refractivity contribution in [1.29, 1.82) is 0 Å². The van der Waals surface area contributed by atoms with Crippen LogP contribution in [0.15, 0.2) is 28.7 Å². The Morgan fingerprint density at radius 1 is 1.47 bits per heavy atom. The maximum Gasteiger partial charge on any atom is 0.265 e. The molecule has 88 valence electrons. The smallest absolute Gasteiger partial charge is 0.265 e. The van der Waals surface area contributed by atoms with E-state index in [0.717, 1.165) is 24.9 Å². The Bertz CT molecular complexity index is 528. The fourth-order valence-corrected chi connectivity index (χ4v) is 2.36. The minimum absolute atomic E-state index is 0.00111. The number of hydrogen-bond donors (Lipinski definition) is 0. The van der Waals surface area contributed by atoms with Gasteiger partial charge in [-0.3, -0.25) is 9.69 Å². The lowest BCUT2D eigenvalue weighted by Crippen LogP contribution is -2.33. The highest BCUT2D eigenvalue weighted by Crippen LogP contribution is 2.21. The summed E-state index contributed by atoms with van der Waals surface area (Å²) in [7, 11) is 1.97. The van der Waals surface area contributed by atoms with Crippen LogP contribution in [-0.2, 0) is 0 Å². The van der Waals surface area contributed by atoms with Crippen molar-refractivity contribution in [3.05, 3.63) is 30.2 Å². The van der Waals surface area contributed by atoms with Crippen molar-refractivity contribution in [2.24, 2.45) is 0 Å². The molecular formula is C13H14N2O2. The molecule has 0 amide bonds. The van der Waals surface area contributed by atoms with Gasteiger partial charge in [0.05, 0.1) is 6.04 Å². The summed E-state index contributed by atoms with van der Waals surface area (Å²) in [6.07, 6.45) is 1.96. The van der Waals surface area contributed by atoms with E-state index in [1.807, 2.05) is 31.3 Å². The van der Waals surface area contributed by atoms with Crippen LogP contribution in [0.3, 0.4) is 0 Å². The summed E-state index contributed by atoms with van der Waals surface area (Å²) >= 11 is 0. The summed E-state index contributed by atoms with van der Waals surface area (Å²) in [5.41, 5.74) is 1.42. The summed E-state index contributed by atoms with van der Waals surface area (Å²) in [6.45, 7) is 0.969. The SMILES string of the molecule is CN1CCC[C@H]1C(=O)c1nc2ccccc2o1. The van der Waals surface area contributed by atoms with Gasteiger partial charge in [0.15, 0.2) is 5.58 Å². The number of carbonyl (C=O) groups is 1. The average molecular weight is 230 g/mol. The molecule has 1 aromatic carbocycles. The molecule has 0 spiro atoms. The lowest BCUT2D eigenvalue weighted by Gasteiger charge is -2.15. The third-order valence-corrected chi connectivity index (χ3v) is 3.33. The number of aromatic nitrogens is 1. The van der Waals surface area contributed by atoms with Crippen molar-refractivity contribution in [3.63, 3.8) is 0 Å². The van der Waals surface area contributed by atoms with Gasteiger partial charge in [-0.2, -0.15) is 0 Å². The zero-order chi connectivity index (χ0) is 11.8. The van der Waals surface area contributed by atoms with E-state index in [4.69, 9.17) is 4.42 Å². The first-order valence-electron chi connectivity index (χ1n) is 5.86. The Balaban J connectivity index is 1.95. The van der Waals surface area contributed by atoms with E-state index < -0.39 is 0 Å². The largest absolute Gasteiger partial charge is 0.434 e. The molecular weight excluding hydrogens is 216 g/mol. The topological polar surface area (TPSA) is 46.3 Å². The number of carbonyl (C=O) groups excluding carboxylic acids is 1. The van der Waals surface area contributed by atoms with Gasteiger partial charge in [-0.1, -0.05) is 12.1 Å². The van der Waals surface area contributed by atoms with Gasteiger partial charge < -0.3 is 4.42 Å². The number of likely N-dealkylation sites (N-methyl/N-ethyl adjacent to an activating group) is 1. The van der Waals surface area contributed by atoms with Crippen LogP contribution in [0.4, 0.5) is 0 Å². The summed E-state index contributed by atoms with van der Waals surface area (Å²) in [5.74, 6) is 0.242. The predicted octanol–water partition coefficient (Wildman–Crippen LogP) is 2.10. The van der Waals surface area contributed by atoms with Crippen molar-refractivity contribution >= 4 is 16.9 Å². The minimum Gasteiger partial charge on any atom is -0.434 e. The van der Waals surface area contributed by atoms with Crippen LogP contribution in [0, 0.1) is 0 Å². The monoisotopic (exact) mass is 230 g/mol. The predicted molar refractivity (Wildman–Crippen MR) is 64.0 cm³/mol. The summed E-state index contributed by atoms with van der Waals surface area (Å²) in [6, 6.07) is 7.39. The van der Waals surface area contributed by atoms with Gasteiger partial charge in [-0.25, -0.2) is 4.98 Å². The number of ketones is 1. The molecule has 1 aliphatic heterocycles. The normalized spacial score (nSPS) is 21.1. The Labute approximate surface area is 99.2 Å². The summed E-state index contributed by atoms with van der Waals surface area (Å²) in [5, 5.41) is 0. The molecule has 17 heavy (non-hydrogen) atoms. The highest BCUT2D eigenvalue weighted by atomic mass is 16.4. The number of nitrogens with zero attached hydrogens (tertiary/aromatic N) is 2. The number of benzene rings is 1. The number of likely N-dealkylation sites (tertiary alicyclic amines) is 1. The molecule has 2 aromatic rings. The molecule has 1 saturated heterocycles. The minimum atomic E-state index is -0.0666. The van der Waals surface area contributed by atoms with Crippen molar-refractivity contribution in [2.45, 2.75) is 18.9 Å². The average Bonchev–Trinajstić information content (AvgIpc) is 2.93. The van der Waals surface area contributed by atoms with Crippen LogP contribution in [0.25, 0.3) is 11.1 Å². The van der Waals surface area contributed by atoms with E-state index in [9.17, 15) is 4.79 Å². The van der Waals surface area contributed by atoms with Crippen molar-refractivity contribution in [2.75, 3.05) is 13.6 Å². The number of Topliss-reactive ketones (excluding diaryl/α,β-unsaturated/α-hetero) is 1. The van der Waals surface area contributed by atoms with Crippen molar-refractivity contribution in [3.8, 4) is 0 Å². The second kappa shape index (κ2) is 3.96. The molecule has 0 aliphatic carbocycles. The first kappa shape index (κ1) is 10.5. The molecule has 0 bridgehead atoms. The molecule has 0 unspecified atom stereocenters. The number of hydrogen-bond acceptors (Lipinski definition) is 4. The molecule has 0 radical (unpaired) electrons. The fourth-order valence-electron chi connectivity index (χ4n) is 2.36. The quantitative estimate of drug-likeness (QED) is 0.741. The third-order valence-electron chi connectivity index (χ3n) is 3.33. The maximum atomic E-state index is 12.2. The molecule has 1 aromatic heterocycles. The second-order valence-corrected chi connectivity index (χ2v) is 4.49. The molecule has 1 fully saturated rings. The first-order chi connectivity index (χ1) is 8.25. The van der Waals surface area contributed by atoms with Gasteiger partial charge in [0.2, 0.25) is 5.78 Å². The number of para-hydroxylation sites is 2. The second-order valence-electron chi connectivity index (χ2n) is 4.49. The van der Waals surface area contributed by atoms with E-state index in [1.54, 1.807) is 0 Å². The molecule has 3 rings (SSSR count). The molecule has 1 atom stereocenters. The Kier molecular flexibility index (Phi) is 2.44. The number of fused-ring (bicyclic) bond motifs is 1. The van der Waals surface area contributed by atoms with Crippen molar-refractivity contribution < 1.29 is 9.21 Å². The van der Waals surface area contributed by atoms with Gasteiger partial charge in [0, 0.05) is 0 Å². The maximum absolute atomic E-state index is 12.2. The van der Waals surface area contributed by atoms with E-state index >= 15 is 0 Å². The number of oxazole rings is 1. The van der Waals surface area contributed by atoms with Crippen LogP contribution in [-0.4, -0.2) is 35.3 Å². The lowest BCUT2D eigenvalue weighted by molar-refractivity contribution is 0.0857. The first-order valence-corrected chi connectivity index (χ1v) is 5.86. The van der Waals surface area contributed by atoms with Crippen LogP contribution in [0.1, 0.15) is 23.5 Å². The lowest BCUT2D eigenvalue weighted by atomic mass is 10.1. The zero-order valence-electron chi connectivity index (χ0n) is 9.72. The van der Waals surface area contributed by atoms with Crippen LogP contribution >= 0.6 is 0 Å². The van der Waals surface area contributed by atoms with Crippen LogP contribution < -0.4 is 0 Å². The van der Waals surface area contributed by atoms with E-state index in [2.05, 4.69) is 9.88 Å². The van der Waals surface area contributed by atoms with Gasteiger partial charge >= 0.3 is 0 Å². The zero-order valence-corrected chi connectivity index (χ0v) is 9.72. The van der Waals surface area contributed by atoms with Gasteiger partial charge in [-0.05, 0) is 38.6 Å². The van der Waals surface area contributed by atoms with Gasteiger partial charge in [0.1, 0.15) is 5.52 Å². The molecule has 0 N–H and O–H groups in total.